The Balaban J connectivity index is 3.10. The summed E-state index contributed by atoms with van der Waals surface area (Å²) in [4.78, 5) is 0. The van der Waals surface area contributed by atoms with Crippen molar-refractivity contribution in [1.82, 2.24) is 0 Å². The Bertz CT molecular complexity index is 54.5. The van der Waals surface area contributed by atoms with E-state index in [2.05, 4.69) is 20.8 Å². The van der Waals surface area contributed by atoms with E-state index < -0.39 is 0 Å². The van der Waals surface area contributed by atoms with Crippen molar-refractivity contribution >= 4 is 8.58 Å². The fraction of sp³-hybridized carbons (Fsp3) is 1.00. The summed E-state index contributed by atoms with van der Waals surface area (Å²) in [6.07, 6.45) is 1.26. The fourth-order valence-electron chi connectivity index (χ4n) is 0.567. The maximum Gasteiger partial charge on any atom is 0.0187 e. The number of nitrogens with two attached hydrogens (primary N) is 1. The van der Waals surface area contributed by atoms with Gasteiger partial charge in [-0.25, -0.2) is 0 Å². The summed E-state index contributed by atoms with van der Waals surface area (Å²) in [5.41, 5.74) is 6.41. The first-order valence-electron chi connectivity index (χ1n) is 3.18. The van der Waals surface area contributed by atoms with Crippen molar-refractivity contribution in [2.75, 3.05) is 0 Å². The Morgan fingerprint density at radius 3 is 2.12 bits per heavy atom. The minimum atomic E-state index is 0.407. The standard InChI is InChI=1S/C6H16NP/c1-4-5(2)8-6(3)7/h5-6,8H,4,7H2,1-3H3. The zero-order valence-corrected chi connectivity index (χ0v) is 6.94. The summed E-state index contributed by atoms with van der Waals surface area (Å²) in [6, 6.07) is 0. The second-order valence-electron chi connectivity index (χ2n) is 2.26. The molecule has 0 amide bonds. The van der Waals surface area contributed by atoms with Gasteiger partial charge in [0.25, 0.3) is 0 Å². The molecule has 8 heavy (non-hydrogen) atoms. The minimum Gasteiger partial charge on any atom is -0.324 e. The van der Waals surface area contributed by atoms with Crippen molar-refractivity contribution in [1.29, 1.82) is 0 Å². The van der Waals surface area contributed by atoms with Gasteiger partial charge in [-0.05, 0) is 19.0 Å². The highest BCUT2D eigenvalue weighted by Gasteiger charge is 1.99. The molecule has 0 fully saturated rings. The van der Waals surface area contributed by atoms with Gasteiger partial charge in [0.05, 0.1) is 0 Å². The molecule has 0 rings (SSSR count). The zero-order chi connectivity index (χ0) is 6.57. The lowest BCUT2D eigenvalue weighted by atomic mass is 10.4. The smallest absolute Gasteiger partial charge is 0.0187 e. The van der Waals surface area contributed by atoms with Crippen LogP contribution in [0.5, 0.6) is 0 Å². The van der Waals surface area contributed by atoms with Gasteiger partial charge < -0.3 is 5.73 Å². The third-order valence-corrected chi connectivity index (χ3v) is 2.66. The van der Waals surface area contributed by atoms with Crippen LogP contribution >= 0.6 is 8.58 Å². The van der Waals surface area contributed by atoms with Crippen LogP contribution in [0.25, 0.3) is 0 Å². The molecule has 0 aromatic carbocycles. The normalized spacial score (nSPS) is 19.5. The van der Waals surface area contributed by atoms with E-state index in [4.69, 9.17) is 5.73 Å². The summed E-state index contributed by atoms with van der Waals surface area (Å²) >= 11 is 0. The van der Waals surface area contributed by atoms with E-state index in [-0.39, 0.29) is 0 Å². The van der Waals surface area contributed by atoms with E-state index in [0.29, 0.717) is 5.78 Å². The summed E-state index contributed by atoms with van der Waals surface area (Å²) in [7, 11) is 0.940. The van der Waals surface area contributed by atoms with Crippen molar-refractivity contribution in [3.63, 3.8) is 0 Å². The van der Waals surface area contributed by atoms with Crippen molar-refractivity contribution in [2.24, 2.45) is 5.73 Å². The third kappa shape index (κ3) is 4.55. The predicted molar refractivity (Wildman–Crippen MR) is 41.7 cm³/mol. The van der Waals surface area contributed by atoms with Crippen LogP contribution in [0, 0.1) is 0 Å². The molecule has 50 valence electrons. The van der Waals surface area contributed by atoms with Crippen LogP contribution in [0.15, 0.2) is 0 Å². The fourth-order valence-corrected chi connectivity index (χ4v) is 1.70. The van der Waals surface area contributed by atoms with Crippen LogP contribution in [0.2, 0.25) is 0 Å². The molecular formula is C6H16NP. The molecule has 0 spiro atoms. The van der Waals surface area contributed by atoms with E-state index in [1.54, 1.807) is 0 Å². The highest BCUT2D eigenvalue weighted by molar-refractivity contribution is 7.39. The van der Waals surface area contributed by atoms with Crippen LogP contribution in [0.1, 0.15) is 27.2 Å². The van der Waals surface area contributed by atoms with Gasteiger partial charge in [0.15, 0.2) is 0 Å². The first-order valence-corrected chi connectivity index (χ1v) is 4.34. The second kappa shape index (κ2) is 4.29. The largest absolute Gasteiger partial charge is 0.324 e. The van der Waals surface area contributed by atoms with Gasteiger partial charge in [0.1, 0.15) is 0 Å². The quantitative estimate of drug-likeness (QED) is 0.583. The SMILES string of the molecule is CCC(C)PC(C)N. The third-order valence-electron chi connectivity index (χ3n) is 1.16. The molecular weight excluding hydrogens is 117 g/mol. The average Bonchev–Trinajstić information content (AvgIpc) is 1.65. The molecule has 0 aliphatic rings. The molecule has 3 unspecified atom stereocenters. The molecule has 0 aliphatic carbocycles. The number of hydrogen-bond acceptors (Lipinski definition) is 1. The Morgan fingerprint density at radius 1 is 1.50 bits per heavy atom. The van der Waals surface area contributed by atoms with E-state index in [1.165, 1.54) is 6.42 Å². The minimum absolute atomic E-state index is 0.407. The number of hydrogen-bond donors (Lipinski definition) is 1. The van der Waals surface area contributed by atoms with Gasteiger partial charge >= 0.3 is 0 Å². The van der Waals surface area contributed by atoms with Crippen LogP contribution in [0.3, 0.4) is 0 Å². The number of rotatable bonds is 3. The maximum atomic E-state index is 5.58. The van der Waals surface area contributed by atoms with Gasteiger partial charge in [-0.3, -0.25) is 0 Å². The Morgan fingerprint density at radius 2 is 2.00 bits per heavy atom. The predicted octanol–water partition coefficient (Wildman–Crippen LogP) is 1.77. The van der Waals surface area contributed by atoms with E-state index in [9.17, 15) is 0 Å². The summed E-state index contributed by atoms with van der Waals surface area (Å²) in [6.45, 7) is 6.53. The first kappa shape index (κ1) is 8.39. The highest BCUT2D eigenvalue weighted by atomic mass is 31.1. The van der Waals surface area contributed by atoms with Crippen molar-refractivity contribution in [3.05, 3.63) is 0 Å². The Kier molecular flexibility index (Phi) is 4.50. The maximum absolute atomic E-state index is 5.58. The van der Waals surface area contributed by atoms with E-state index in [0.717, 1.165) is 14.2 Å². The molecule has 0 aromatic rings. The van der Waals surface area contributed by atoms with E-state index >= 15 is 0 Å². The average molecular weight is 133 g/mol. The first-order chi connectivity index (χ1) is 3.66. The van der Waals surface area contributed by atoms with Crippen LogP contribution < -0.4 is 5.73 Å². The molecule has 0 saturated carbocycles. The van der Waals surface area contributed by atoms with Crippen LogP contribution in [-0.2, 0) is 0 Å². The molecule has 2 N–H and O–H groups in total. The summed E-state index contributed by atoms with van der Waals surface area (Å²) in [5.74, 6) is 0.407. The Hall–Kier alpha value is 0.390. The van der Waals surface area contributed by atoms with Crippen LogP contribution in [-0.4, -0.2) is 11.4 Å². The molecule has 2 heteroatoms. The second-order valence-corrected chi connectivity index (χ2v) is 4.49. The van der Waals surface area contributed by atoms with Gasteiger partial charge in [-0.1, -0.05) is 13.8 Å². The lowest BCUT2D eigenvalue weighted by molar-refractivity contribution is 0.880. The lowest BCUT2D eigenvalue weighted by Crippen LogP contribution is -2.11. The van der Waals surface area contributed by atoms with Gasteiger partial charge in [0, 0.05) is 5.78 Å². The molecule has 0 radical (unpaired) electrons. The van der Waals surface area contributed by atoms with Crippen molar-refractivity contribution in [3.8, 4) is 0 Å². The van der Waals surface area contributed by atoms with Gasteiger partial charge in [-0.2, -0.15) is 0 Å². The molecule has 0 saturated heterocycles. The molecule has 0 aromatic heterocycles. The summed E-state index contributed by atoms with van der Waals surface area (Å²) in [5, 5.41) is 0. The lowest BCUT2D eigenvalue weighted by Gasteiger charge is -2.10. The van der Waals surface area contributed by atoms with E-state index in [1.807, 2.05) is 0 Å². The Labute approximate surface area is 53.8 Å². The van der Waals surface area contributed by atoms with Crippen molar-refractivity contribution in [2.45, 2.75) is 38.6 Å². The van der Waals surface area contributed by atoms with Crippen LogP contribution in [0.4, 0.5) is 0 Å². The highest BCUT2D eigenvalue weighted by Crippen LogP contribution is 2.23. The molecule has 3 atom stereocenters. The topological polar surface area (TPSA) is 26.0 Å². The van der Waals surface area contributed by atoms with Gasteiger partial charge in [-0.15, -0.1) is 8.58 Å². The van der Waals surface area contributed by atoms with Gasteiger partial charge in [0.2, 0.25) is 0 Å². The molecule has 1 nitrogen and oxygen atoms in total. The molecule has 0 heterocycles. The molecule has 0 bridgehead atoms. The monoisotopic (exact) mass is 133 g/mol. The zero-order valence-electron chi connectivity index (χ0n) is 5.94. The van der Waals surface area contributed by atoms with Crippen molar-refractivity contribution < 1.29 is 0 Å². The summed E-state index contributed by atoms with van der Waals surface area (Å²) < 4.78 is 0. The molecule has 0 aliphatic heterocycles.